The van der Waals surface area contributed by atoms with E-state index in [4.69, 9.17) is 4.74 Å². The number of carbonyl (C=O) groups excluding carboxylic acids is 1. The molecule has 0 unspecified atom stereocenters. The van der Waals surface area contributed by atoms with E-state index in [-0.39, 0.29) is 11.0 Å². The second kappa shape index (κ2) is 6.52. The molecule has 18 heavy (non-hydrogen) atoms. The Labute approximate surface area is 118 Å². The van der Waals surface area contributed by atoms with Gasteiger partial charge in [-0.3, -0.25) is 4.79 Å². The largest absolute Gasteiger partial charge is 0.466 e. The van der Waals surface area contributed by atoms with Crippen molar-refractivity contribution in [3.05, 3.63) is 0 Å². The standard InChI is InChI=1S/C13H30O2Si3/c1-9-15-12(14)13(16-2,10-17(3,4)5)11-18(6,7)8/h9-11H2,1-8H3. The lowest BCUT2D eigenvalue weighted by molar-refractivity contribution is -0.145. The molecule has 0 atom stereocenters. The second-order valence-electron chi connectivity index (χ2n) is 7.53. The molecular formula is C13H30O2Si3. The molecule has 0 aliphatic carbocycles. The van der Waals surface area contributed by atoms with E-state index in [0.29, 0.717) is 16.1 Å². The van der Waals surface area contributed by atoms with Gasteiger partial charge in [0.2, 0.25) is 0 Å². The molecule has 0 spiro atoms. The molecule has 0 aromatic rings. The monoisotopic (exact) mass is 302 g/mol. The first-order valence-electron chi connectivity index (χ1n) is 6.82. The highest BCUT2D eigenvalue weighted by Crippen LogP contribution is 2.44. The highest BCUT2D eigenvalue weighted by molar-refractivity contribution is 6.80. The first-order chi connectivity index (χ1) is 7.96. The first kappa shape index (κ1) is 18.1. The first-order valence-corrected chi connectivity index (χ1v) is 15.7. The van der Waals surface area contributed by atoms with Crippen molar-refractivity contribution in [2.24, 2.45) is 0 Å². The number of ether oxygens (including phenoxy) is 1. The summed E-state index contributed by atoms with van der Waals surface area (Å²) in [6, 6.07) is 2.14. The van der Waals surface area contributed by atoms with Gasteiger partial charge in [-0.1, -0.05) is 45.8 Å². The summed E-state index contributed by atoms with van der Waals surface area (Å²) in [6.45, 7) is 18.7. The van der Waals surface area contributed by atoms with Crippen molar-refractivity contribution in [1.29, 1.82) is 0 Å². The zero-order valence-electron chi connectivity index (χ0n) is 13.4. The van der Waals surface area contributed by atoms with Gasteiger partial charge in [0.15, 0.2) is 0 Å². The fourth-order valence-electron chi connectivity index (χ4n) is 2.57. The number of hydrogen-bond donors (Lipinski definition) is 0. The minimum Gasteiger partial charge on any atom is -0.466 e. The minimum absolute atomic E-state index is 0.0654. The van der Waals surface area contributed by atoms with Crippen LogP contribution in [0.25, 0.3) is 0 Å². The Hall–Kier alpha value is 0.121. The average Bonchev–Trinajstić information content (AvgIpc) is 2.12. The molecule has 0 rings (SSSR count). The molecule has 106 valence electrons. The molecule has 0 aromatic carbocycles. The molecule has 5 heteroatoms. The van der Waals surface area contributed by atoms with E-state index in [2.05, 4.69) is 45.8 Å². The van der Waals surface area contributed by atoms with Crippen LogP contribution in [0.5, 0.6) is 0 Å². The molecule has 0 fully saturated rings. The molecule has 0 aromatic heterocycles. The maximum absolute atomic E-state index is 12.5. The van der Waals surface area contributed by atoms with E-state index >= 15 is 0 Å². The molecular weight excluding hydrogens is 272 g/mol. The highest BCUT2D eigenvalue weighted by Gasteiger charge is 2.44. The third kappa shape index (κ3) is 6.33. The Morgan fingerprint density at radius 3 is 1.67 bits per heavy atom. The second-order valence-corrected chi connectivity index (χ2v) is 19.9. The summed E-state index contributed by atoms with van der Waals surface area (Å²) in [4.78, 5) is 12.5. The summed E-state index contributed by atoms with van der Waals surface area (Å²) in [5.74, 6) is 0.0654. The lowest BCUT2D eigenvalue weighted by Gasteiger charge is -2.38. The van der Waals surface area contributed by atoms with Gasteiger partial charge in [-0.05, 0) is 19.0 Å². The summed E-state index contributed by atoms with van der Waals surface area (Å²) >= 11 is 0. The van der Waals surface area contributed by atoms with Crippen LogP contribution in [0.3, 0.4) is 0 Å². The number of esters is 1. The summed E-state index contributed by atoms with van der Waals surface area (Å²) in [7, 11) is -1.90. The zero-order valence-corrected chi connectivity index (χ0v) is 16.4. The van der Waals surface area contributed by atoms with Gasteiger partial charge in [-0.2, -0.15) is 0 Å². The number of carbonyl (C=O) groups is 1. The van der Waals surface area contributed by atoms with Crippen molar-refractivity contribution >= 4 is 31.6 Å². The predicted octanol–water partition coefficient (Wildman–Crippen LogP) is 4.14. The third-order valence-electron chi connectivity index (χ3n) is 2.81. The lowest BCUT2D eigenvalue weighted by Crippen LogP contribution is -2.42. The Morgan fingerprint density at radius 1 is 1.06 bits per heavy atom. The number of rotatable bonds is 7. The maximum atomic E-state index is 12.5. The van der Waals surface area contributed by atoms with Crippen molar-refractivity contribution in [3.8, 4) is 0 Å². The topological polar surface area (TPSA) is 26.3 Å². The summed E-state index contributed by atoms with van der Waals surface area (Å²) in [6.07, 6.45) is 0. The average molecular weight is 303 g/mol. The van der Waals surface area contributed by atoms with Crippen molar-refractivity contribution in [3.63, 3.8) is 0 Å². The van der Waals surface area contributed by atoms with E-state index in [9.17, 15) is 4.79 Å². The maximum Gasteiger partial charge on any atom is 0.308 e. The molecule has 0 saturated heterocycles. The van der Waals surface area contributed by atoms with Gasteiger partial charge in [0.1, 0.15) is 0 Å². The predicted molar refractivity (Wildman–Crippen MR) is 87.3 cm³/mol. The van der Waals surface area contributed by atoms with Crippen molar-refractivity contribution in [2.45, 2.75) is 69.9 Å². The van der Waals surface area contributed by atoms with Gasteiger partial charge in [-0.15, -0.1) is 0 Å². The van der Waals surface area contributed by atoms with Crippen molar-refractivity contribution < 1.29 is 9.53 Å². The molecule has 0 saturated carbocycles. The molecule has 0 bridgehead atoms. The molecule has 0 heterocycles. The van der Waals surface area contributed by atoms with E-state index in [1.807, 2.05) is 6.92 Å². The normalized spacial score (nSPS) is 13.6. The summed E-state index contributed by atoms with van der Waals surface area (Å²) in [5.41, 5.74) is 0. The molecule has 0 N–H and O–H groups in total. The van der Waals surface area contributed by atoms with Crippen LogP contribution in [0.15, 0.2) is 0 Å². The lowest BCUT2D eigenvalue weighted by atomic mass is 10.2. The van der Waals surface area contributed by atoms with Crippen LogP contribution in [0, 0.1) is 0 Å². The molecule has 2 nitrogen and oxygen atoms in total. The molecule has 0 amide bonds. The Kier molecular flexibility index (Phi) is 6.56. The molecule has 2 radical (unpaired) electrons. The van der Waals surface area contributed by atoms with E-state index in [0.717, 1.165) is 12.1 Å². The number of hydrogen-bond acceptors (Lipinski definition) is 2. The minimum atomic E-state index is -1.28. The van der Waals surface area contributed by atoms with E-state index < -0.39 is 16.1 Å². The van der Waals surface area contributed by atoms with Crippen LogP contribution >= 0.6 is 0 Å². The van der Waals surface area contributed by atoms with Gasteiger partial charge >= 0.3 is 5.97 Å². The fourth-order valence-corrected chi connectivity index (χ4v) is 11.8. The zero-order chi connectivity index (χ0) is 14.6. The SMILES string of the molecule is CCOC(=O)C(C[Si](C)(C)C)(C[Si](C)(C)C)[Si]C. The summed E-state index contributed by atoms with van der Waals surface area (Å²) < 4.78 is 5.40. The Balaban J connectivity index is 5.26. The van der Waals surface area contributed by atoms with Crippen molar-refractivity contribution in [1.82, 2.24) is 0 Å². The molecule has 0 aliphatic rings. The van der Waals surface area contributed by atoms with E-state index in [1.165, 1.54) is 0 Å². The van der Waals surface area contributed by atoms with Crippen molar-refractivity contribution in [2.75, 3.05) is 6.61 Å². The van der Waals surface area contributed by atoms with E-state index in [1.54, 1.807) is 0 Å². The van der Waals surface area contributed by atoms with Crippen LogP contribution in [0.1, 0.15) is 6.92 Å². The van der Waals surface area contributed by atoms with Crippen LogP contribution in [-0.4, -0.2) is 38.2 Å². The van der Waals surface area contributed by atoms with Crippen LogP contribution < -0.4 is 0 Å². The van der Waals surface area contributed by atoms with Crippen LogP contribution in [-0.2, 0) is 9.53 Å². The third-order valence-corrected chi connectivity index (χ3v) is 8.36. The van der Waals surface area contributed by atoms with Gasteiger partial charge in [0, 0.05) is 16.1 Å². The highest BCUT2D eigenvalue weighted by atomic mass is 28.3. The Morgan fingerprint density at radius 2 is 1.44 bits per heavy atom. The van der Waals surface area contributed by atoms with Gasteiger partial charge in [0.05, 0.1) is 21.2 Å². The summed E-state index contributed by atoms with van der Waals surface area (Å²) in [5, 5.41) is -0.190. The Bertz CT molecular complexity index is 261. The molecule has 0 aliphatic heterocycles. The van der Waals surface area contributed by atoms with Gasteiger partial charge in [-0.25, -0.2) is 0 Å². The fraction of sp³-hybridized carbons (Fsp3) is 0.923. The van der Waals surface area contributed by atoms with Gasteiger partial charge < -0.3 is 4.74 Å². The quantitative estimate of drug-likeness (QED) is 0.522. The van der Waals surface area contributed by atoms with Crippen LogP contribution in [0.2, 0.25) is 63.0 Å². The van der Waals surface area contributed by atoms with Crippen LogP contribution in [0.4, 0.5) is 0 Å². The van der Waals surface area contributed by atoms with Gasteiger partial charge in [0.25, 0.3) is 0 Å². The smallest absolute Gasteiger partial charge is 0.308 e.